The van der Waals surface area contributed by atoms with Crippen molar-refractivity contribution < 1.29 is 36.6 Å². The maximum absolute atomic E-state index is 12.6. The van der Waals surface area contributed by atoms with E-state index in [0.29, 0.717) is 6.42 Å². The minimum absolute atomic E-state index is 0.188. The van der Waals surface area contributed by atoms with Gasteiger partial charge in [0.15, 0.2) is 0 Å². The molecular weight excluding hydrogens is 251 g/mol. The first-order chi connectivity index (χ1) is 7.58. The van der Waals surface area contributed by atoms with Crippen LogP contribution in [0, 0.1) is 0 Å². The van der Waals surface area contributed by atoms with Crippen molar-refractivity contribution in [2.75, 3.05) is 6.61 Å². The molecule has 0 amide bonds. The lowest BCUT2D eigenvalue weighted by Crippen LogP contribution is -2.48. The van der Waals surface area contributed by atoms with Crippen molar-refractivity contribution in [3.8, 4) is 0 Å². The Morgan fingerprint density at radius 2 is 1.76 bits per heavy atom. The van der Waals surface area contributed by atoms with Crippen LogP contribution in [0.25, 0.3) is 0 Å². The zero-order chi connectivity index (χ0) is 13.3. The predicted octanol–water partition coefficient (Wildman–Crippen LogP) is 2.60. The van der Waals surface area contributed by atoms with Crippen molar-refractivity contribution >= 4 is 5.97 Å². The molecule has 0 spiro atoms. The Hall–Kier alpha value is -0.920. The summed E-state index contributed by atoms with van der Waals surface area (Å²) in [6.07, 6.45) is -5.30. The molecule has 17 heavy (non-hydrogen) atoms. The molecule has 0 saturated heterocycles. The van der Waals surface area contributed by atoms with Gasteiger partial charge in [-0.25, -0.2) is 0 Å². The van der Waals surface area contributed by atoms with E-state index in [4.69, 9.17) is 5.11 Å². The maximum atomic E-state index is 12.6. The quantitative estimate of drug-likeness (QED) is 0.774. The number of ether oxygens (including phenoxy) is 1. The average Bonchev–Trinajstić information content (AvgIpc) is 2.07. The normalized spacial score (nSPS) is 19.8. The number of carbonyl (C=O) groups is 1. The number of halogens is 5. The summed E-state index contributed by atoms with van der Waals surface area (Å²) in [5, 5.41) is 8.51. The number of carboxylic acid groups (broad SMARTS) is 1. The van der Waals surface area contributed by atoms with Crippen LogP contribution in [0.15, 0.2) is 0 Å². The summed E-state index contributed by atoms with van der Waals surface area (Å²) in [6, 6.07) is 0. The van der Waals surface area contributed by atoms with Gasteiger partial charge in [0.1, 0.15) is 6.61 Å². The summed E-state index contributed by atoms with van der Waals surface area (Å²) in [5.41, 5.74) is -1.36. The molecule has 1 fully saturated rings. The third-order valence-corrected chi connectivity index (χ3v) is 2.71. The predicted molar refractivity (Wildman–Crippen MR) is 45.8 cm³/mol. The fourth-order valence-corrected chi connectivity index (χ4v) is 1.54. The van der Waals surface area contributed by atoms with Crippen LogP contribution < -0.4 is 0 Å². The van der Waals surface area contributed by atoms with Crippen LogP contribution in [0.2, 0.25) is 0 Å². The highest BCUT2D eigenvalue weighted by molar-refractivity contribution is 5.68. The van der Waals surface area contributed by atoms with E-state index in [0.717, 1.165) is 0 Å². The molecule has 0 aromatic rings. The van der Waals surface area contributed by atoms with E-state index in [1.165, 1.54) is 0 Å². The second-order valence-corrected chi connectivity index (χ2v) is 4.10. The number of carboxylic acids is 1. The van der Waals surface area contributed by atoms with E-state index < -0.39 is 36.7 Å². The molecular formula is C9H11F5O3. The van der Waals surface area contributed by atoms with Gasteiger partial charge in [-0.1, -0.05) is 0 Å². The molecule has 100 valence electrons. The van der Waals surface area contributed by atoms with Gasteiger partial charge in [0.2, 0.25) is 0 Å². The van der Waals surface area contributed by atoms with Crippen LogP contribution in [-0.2, 0) is 9.53 Å². The van der Waals surface area contributed by atoms with Gasteiger partial charge in [-0.15, -0.1) is 0 Å². The molecule has 1 saturated carbocycles. The van der Waals surface area contributed by atoms with Crippen LogP contribution in [0.5, 0.6) is 0 Å². The molecule has 1 rings (SSSR count). The Balaban J connectivity index is 2.57. The molecule has 0 aliphatic heterocycles. The van der Waals surface area contributed by atoms with Crippen molar-refractivity contribution in [1.82, 2.24) is 0 Å². The number of rotatable bonds is 5. The Bertz CT molecular complexity index is 295. The molecule has 0 unspecified atom stereocenters. The summed E-state index contributed by atoms with van der Waals surface area (Å²) in [5.74, 6) is -6.23. The highest BCUT2D eigenvalue weighted by Crippen LogP contribution is 2.42. The second-order valence-electron chi connectivity index (χ2n) is 4.10. The minimum Gasteiger partial charge on any atom is -0.481 e. The number of hydrogen-bond donors (Lipinski definition) is 1. The fraction of sp³-hybridized carbons (Fsp3) is 0.889. The summed E-state index contributed by atoms with van der Waals surface area (Å²) in [4.78, 5) is 10.4. The molecule has 0 heterocycles. The molecule has 3 nitrogen and oxygen atoms in total. The lowest BCUT2D eigenvalue weighted by Gasteiger charge is -2.41. The van der Waals surface area contributed by atoms with E-state index in [9.17, 15) is 26.7 Å². The number of alkyl halides is 5. The van der Waals surface area contributed by atoms with Crippen molar-refractivity contribution in [3.63, 3.8) is 0 Å². The zero-order valence-electron chi connectivity index (χ0n) is 8.69. The van der Waals surface area contributed by atoms with Gasteiger partial charge in [-0.05, 0) is 19.3 Å². The van der Waals surface area contributed by atoms with Gasteiger partial charge in [-0.2, -0.15) is 22.0 Å². The Morgan fingerprint density at radius 3 is 2.06 bits per heavy atom. The second kappa shape index (κ2) is 4.40. The van der Waals surface area contributed by atoms with Gasteiger partial charge in [0, 0.05) is 0 Å². The molecule has 0 bridgehead atoms. The standard InChI is InChI=1S/C9H11F5O3/c10-8(11,9(12,13)14)5-17-7(2-1-3-7)4-6(15)16/h1-5H2,(H,15,16). The fourth-order valence-electron chi connectivity index (χ4n) is 1.54. The first kappa shape index (κ1) is 14.1. The molecule has 0 atom stereocenters. The van der Waals surface area contributed by atoms with Crippen LogP contribution in [-0.4, -0.2) is 35.4 Å². The van der Waals surface area contributed by atoms with E-state index in [1.54, 1.807) is 0 Å². The van der Waals surface area contributed by atoms with Crippen LogP contribution in [0.3, 0.4) is 0 Å². The van der Waals surface area contributed by atoms with Crippen LogP contribution in [0.4, 0.5) is 22.0 Å². The largest absolute Gasteiger partial charge is 0.481 e. The molecule has 0 aromatic carbocycles. The average molecular weight is 262 g/mol. The molecule has 1 N–H and O–H groups in total. The van der Waals surface area contributed by atoms with Gasteiger partial charge < -0.3 is 9.84 Å². The van der Waals surface area contributed by atoms with E-state index >= 15 is 0 Å². The van der Waals surface area contributed by atoms with Gasteiger partial charge in [0.05, 0.1) is 12.0 Å². The zero-order valence-corrected chi connectivity index (χ0v) is 8.69. The van der Waals surface area contributed by atoms with E-state index in [-0.39, 0.29) is 12.8 Å². The van der Waals surface area contributed by atoms with Crippen molar-refractivity contribution in [2.45, 2.75) is 43.4 Å². The SMILES string of the molecule is O=C(O)CC1(OCC(F)(F)C(F)(F)F)CCC1. The Morgan fingerprint density at radius 1 is 1.24 bits per heavy atom. The highest BCUT2D eigenvalue weighted by Gasteiger charge is 2.59. The topological polar surface area (TPSA) is 46.5 Å². The third-order valence-electron chi connectivity index (χ3n) is 2.71. The molecule has 8 heteroatoms. The highest BCUT2D eigenvalue weighted by atomic mass is 19.4. The maximum Gasteiger partial charge on any atom is 0.455 e. The molecule has 1 aliphatic carbocycles. The molecule has 0 aromatic heterocycles. The van der Waals surface area contributed by atoms with Crippen LogP contribution >= 0.6 is 0 Å². The lowest BCUT2D eigenvalue weighted by molar-refractivity contribution is -0.309. The first-order valence-electron chi connectivity index (χ1n) is 4.88. The van der Waals surface area contributed by atoms with Gasteiger partial charge in [0.25, 0.3) is 0 Å². The van der Waals surface area contributed by atoms with Gasteiger partial charge in [-0.3, -0.25) is 4.79 Å². The number of hydrogen-bond acceptors (Lipinski definition) is 2. The summed E-state index contributed by atoms with van der Waals surface area (Å²) >= 11 is 0. The first-order valence-corrected chi connectivity index (χ1v) is 4.88. The molecule has 1 aliphatic rings. The van der Waals surface area contributed by atoms with E-state index in [1.807, 2.05) is 0 Å². The van der Waals surface area contributed by atoms with Gasteiger partial charge >= 0.3 is 18.1 Å². The van der Waals surface area contributed by atoms with E-state index in [2.05, 4.69) is 4.74 Å². The van der Waals surface area contributed by atoms with Crippen molar-refractivity contribution in [3.05, 3.63) is 0 Å². The van der Waals surface area contributed by atoms with Crippen molar-refractivity contribution in [1.29, 1.82) is 0 Å². The monoisotopic (exact) mass is 262 g/mol. The summed E-state index contributed by atoms with van der Waals surface area (Å²) in [6.45, 7) is -1.83. The Kier molecular flexibility index (Phi) is 3.66. The van der Waals surface area contributed by atoms with Crippen LogP contribution in [0.1, 0.15) is 25.7 Å². The Labute approximate surface area is 93.5 Å². The third kappa shape index (κ3) is 3.27. The lowest BCUT2D eigenvalue weighted by atomic mass is 9.77. The summed E-state index contributed by atoms with van der Waals surface area (Å²) < 4.78 is 65.2. The summed E-state index contributed by atoms with van der Waals surface area (Å²) in [7, 11) is 0. The number of aliphatic carboxylic acids is 1. The van der Waals surface area contributed by atoms with Crippen molar-refractivity contribution in [2.24, 2.45) is 0 Å². The molecule has 0 radical (unpaired) electrons. The minimum atomic E-state index is -5.68. The smallest absolute Gasteiger partial charge is 0.455 e.